The molecule has 0 amide bonds. The molecular weight excluding hydrogens is 202 g/mol. The van der Waals surface area contributed by atoms with Crippen molar-refractivity contribution in [2.75, 3.05) is 0 Å². The normalized spacial score (nSPS) is 18.8. The van der Waals surface area contributed by atoms with E-state index in [4.69, 9.17) is 0 Å². The van der Waals surface area contributed by atoms with Crippen LogP contribution in [0.3, 0.4) is 0 Å². The number of nitrogens with zero attached hydrogens (tertiary/aromatic N) is 1. The van der Waals surface area contributed by atoms with Crippen molar-refractivity contribution in [1.29, 1.82) is 0 Å². The Morgan fingerprint density at radius 3 is 2.31 bits per heavy atom. The Labute approximate surface area is 94.8 Å². The molecule has 0 saturated heterocycles. The molecule has 1 aliphatic carbocycles. The average molecular weight is 217 g/mol. The molecule has 1 aliphatic rings. The summed E-state index contributed by atoms with van der Waals surface area (Å²) in [5, 5.41) is 9.26. The third-order valence-electron chi connectivity index (χ3n) is 3.35. The second-order valence-corrected chi connectivity index (χ2v) is 4.34. The number of carbonyl (C=O) groups excluding carboxylic acids is 1. The fraction of sp³-hybridized carbons (Fsp3) is 0.462. The van der Waals surface area contributed by atoms with Crippen molar-refractivity contribution >= 4 is 6.08 Å². The lowest BCUT2D eigenvalue weighted by Gasteiger charge is -2.32. The first-order chi connectivity index (χ1) is 7.77. The summed E-state index contributed by atoms with van der Waals surface area (Å²) >= 11 is 0. The van der Waals surface area contributed by atoms with Crippen LogP contribution < -0.4 is 0 Å². The molecule has 0 bridgehead atoms. The molecule has 0 spiro atoms. The fourth-order valence-corrected chi connectivity index (χ4v) is 2.46. The molecule has 1 fully saturated rings. The van der Waals surface area contributed by atoms with Crippen molar-refractivity contribution in [3.63, 3.8) is 0 Å². The number of rotatable bonds is 2. The van der Waals surface area contributed by atoms with Gasteiger partial charge >= 0.3 is 0 Å². The molecule has 16 heavy (non-hydrogen) atoms. The Morgan fingerprint density at radius 2 is 1.75 bits per heavy atom. The van der Waals surface area contributed by atoms with Gasteiger partial charge in [-0.1, -0.05) is 31.4 Å². The maximum Gasteiger partial charge on any atom is 0.235 e. The van der Waals surface area contributed by atoms with Gasteiger partial charge < -0.3 is 5.11 Å². The Kier molecular flexibility index (Phi) is 3.07. The van der Waals surface area contributed by atoms with Crippen LogP contribution >= 0.6 is 0 Å². The van der Waals surface area contributed by atoms with E-state index in [0.29, 0.717) is 0 Å². The highest BCUT2D eigenvalue weighted by atomic mass is 16.3. The number of aromatic hydroxyl groups is 1. The van der Waals surface area contributed by atoms with Crippen molar-refractivity contribution < 1.29 is 9.90 Å². The molecule has 1 aromatic carbocycles. The smallest absolute Gasteiger partial charge is 0.235 e. The Balaban J connectivity index is 2.38. The fourth-order valence-electron chi connectivity index (χ4n) is 2.46. The van der Waals surface area contributed by atoms with Gasteiger partial charge in [-0.2, -0.15) is 4.99 Å². The van der Waals surface area contributed by atoms with E-state index < -0.39 is 5.54 Å². The molecule has 0 atom stereocenters. The SMILES string of the molecule is O=C=NC1(c2ccc(O)cc2)CCCCC1. The van der Waals surface area contributed by atoms with Gasteiger partial charge in [0.15, 0.2) is 0 Å². The van der Waals surface area contributed by atoms with Crippen molar-refractivity contribution in [2.24, 2.45) is 4.99 Å². The predicted octanol–water partition coefficient (Wildman–Crippen LogP) is 2.89. The predicted molar refractivity (Wildman–Crippen MR) is 61.0 cm³/mol. The van der Waals surface area contributed by atoms with Crippen LogP contribution in [0, 0.1) is 0 Å². The van der Waals surface area contributed by atoms with Gasteiger partial charge in [-0.3, -0.25) is 0 Å². The summed E-state index contributed by atoms with van der Waals surface area (Å²) in [4.78, 5) is 14.6. The summed E-state index contributed by atoms with van der Waals surface area (Å²) in [5.74, 6) is 0.241. The van der Waals surface area contributed by atoms with Gasteiger partial charge in [-0.15, -0.1) is 0 Å². The van der Waals surface area contributed by atoms with E-state index >= 15 is 0 Å². The van der Waals surface area contributed by atoms with Crippen LogP contribution in [0.1, 0.15) is 37.7 Å². The Morgan fingerprint density at radius 1 is 1.12 bits per heavy atom. The summed E-state index contributed by atoms with van der Waals surface area (Å²) in [7, 11) is 0. The highest BCUT2D eigenvalue weighted by Gasteiger charge is 2.33. The molecule has 1 N–H and O–H groups in total. The highest BCUT2D eigenvalue weighted by molar-refractivity contribution is 5.39. The number of aliphatic imine (C=N–C) groups is 1. The van der Waals surface area contributed by atoms with Gasteiger partial charge in [0.25, 0.3) is 0 Å². The lowest BCUT2D eigenvalue weighted by Crippen LogP contribution is -2.26. The molecule has 0 radical (unpaired) electrons. The number of phenolic OH excluding ortho intramolecular Hbond substituents is 1. The van der Waals surface area contributed by atoms with Crippen LogP contribution in [-0.4, -0.2) is 11.2 Å². The third-order valence-corrected chi connectivity index (χ3v) is 3.35. The maximum absolute atomic E-state index is 10.6. The standard InChI is InChI=1S/C13H15NO2/c15-10-14-13(8-2-1-3-9-13)11-4-6-12(16)7-5-11/h4-7,16H,1-3,8-9H2. The van der Waals surface area contributed by atoms with E-state index in [0.717, 1.165) is 31.2 Å². The van der Waals surface area contributed by atoms with E-state index in [2.05, 4.69) is 4.99 Å². The minimum absolute atomic E-state index is 0.241. The molecule has 1 saturated carbocycles. The molecule has 1 aromatic rings. The summed E-state index contributed by atoms with van der Waals surface area (Å²) in [6.45, 7) is 0. The van der Waals surface area contributed by atoms with E-state index in [1.165, 1.54) is 6.42 Å². The van der Waals surface area contributed by atoms with Crippen LogP contribution in [0.2, 0.25) is 0 Å². The minimum Gasteiger partial charge on any atom is -0.508 e. The second-order valence-electron chi connectivity index (χ2n) is 4.34. The molecule has 3 nitrogen and oxygen atoms in total. The van der Waals surface area contributed by atoms with Crippen LogP contribution in [0.5, 0.6) is 5.75 Å². The van der Waals surface area contributed by atoms with E-state index in [-0.39, 0.29) is 5.75 Å². The number of isocyanates is 1. The molecule has 0 aliphatic heterocycles. The van der Waals surface area contributed by atoms with Gasteiger partial charge in [0.2, 0.25) is 6.08 Å². The monoisotopic (exact) mass is 217 g/mol. The zero-order chi connectivity index (χ0) is 11.4. The van der Waals surface area contributed by atoms with Crippen LogP contribution in [0.25, 0.3) is 0 Å². The van der Waals surface area contributed by atoms with E-state index in [1.54, 1.807) is 18.2 Å². The van der Waals surface area contributed by atoms with Crippen molar-refractivity contribution in [1.82, 2.24) is 0 Å². The molecule has 0 aromatic heterocycles. The van der Waals surface area contributed by atoms with E-state index in [1.807, 2.05) is 12.1 Å². The van der Waals surface area contributed by atoms with Gasteiger partial charge in [0, 0.05) is 0 Å². The summed E-state index contributed by atoms with van der Waals surface area (Å²) in [6, 6.07) is 6.99. The van der Waals surface area contributed by atoms with Crippen molar-refractivity contribution in [3.8, 4) is 5.75 Å². The lowest BCUT2D eigenvalue weighted by molar-refractivity contribution is 0.303. The first kappa shape index (κ1) is 10.9. The Bertz CT molecular complexity index is 398. The lowest BCUT2D eigenvalue weighted by atomic mass is 9.77. The molecular formula is C13H15NO2. The van der Waals surface area contributed by atoms with Crippen molar-refractivity contribution in [3.05, 3.63) is 29.8 Å². The van der Waals surface area contributed by atoms with Gasteiger partial charge in [-0.05, 0) is 30.5 Å². The molecule has 0 unspecified atom stereocenters. The second kappa shape index (κ2) is 4.50. The summed E-state index contributed by atoms with van der Waals surface area (Å²) in [6.07, 6.45) is 6.88. The van der Waals surface area contributed by atoms with Gasteiger partial charge in [0.05, 0.1) is 5.54 Å². The highest BCUT2D eigenvalue weighted by Crippen LogP contribution is 2.40. The van der Waals surface area contributed by atoms with Gasteiger partial charge in [-0.25, -0.2) is 4.79 Å². The van der Waals surface area contributed by atoms with Crippen molar-refractivity contribution in [2.45, 2.75) is 37.6 Å². The largest absolute Gasteiger partial charge is 0.508 e. The number of phenols is 1. The number of benzene rings is 1. The molecule has 3 heteroatoms. The zero-order valence-corrected chi connectivity index (χ0v) is 9.15. The van der Waals surface area contributed by atoms with E-state index in [9.17, 15) is 9.90 Å². The maximum atomic E-state index is 10.6. The molecule has 2 rings (SSSR count). The van der Waals surface area contributed by atoms with Gasteiger partial charge in [0.1, 0.15) is 5.75 Å². The molecule has 0 heterocycles. The first-order valence-electron chi connectivity index (χ1n) is 5.65. The first-order valence-corrected chi connectivity index (χ1v) is 5.65. The zero-order valence-electron chi connectivity index (χ0n) is 9.15. The molecule has 84 valence electrons. The number of hydrogen-bond donors (Lipinski definition) is 1. The van der Waals surface area contributed by atoms with Crippen LogP contribution in [-0.2, 0) is 10.3 Å². The van der Waals surface area contributed by atoms with Crippen LogP contribution in [0.4, 0.5) is 0 Å². The minimum atomic E-state index is -0.395. The summed E-state index contributed by atoms with van der Waals surface area (Å²) < 4.78 is 0. The quantitative estimate of drug-likeness (QED) is 0.611. The summed E-state index contributed by atoms with van der Waals surface area (Å²) in [5.41, 5.74) is 0.613. The van der Waals surface area contributed by atoms with Crippen LogP contribution in [0.15, 0.2) is 29.3 Å². The third kappa shape index (κ3) is 2.00. The average Bonchev–Trinajstić information content (AvgIpc) is 2.31. The topological polar surface area (TPSA) is 49.7 Å². The Hall–Kier alpha value is -1.60. The number of hydrogen-bond acceptors (Lipinski definition) is 3.